The topological polar surface area (TPSA) is 108 Å². The first-order valence-electron chi connectivity index (χ1n) is 5.25. The number of nitrogens with zero attached hydrogens (tertiary/aromatic N) is 2. The third-order valence-electron chi connectivity index (χ3n) is 2.62. The van der Waals surface area contributed by atoms with Crippen molar-refractivity contribution in [3.05, 3.63) is 41.0 Å². The van der Waals surface area contributed by atoms with E-state index in [0.29, 0.717) is 5.56 Å². The number of hydrogen-bond donors (Lipinski definition) is 3. The lowest BCUT2D eigenvalue weighted by Gasteiger charge is -2.19. The molecule has 0 saturated heterocycles. The van der Waals surface area contributed by atoms with E-state index >= 15 is 0 Å². The molecular formula is C10H10F2N4O3S. The second-order valence-electron chi connectivity index (χ2n) is 4.00. The summed E-state index contributed by atoms with van der Waals surface area (Å²) < 4.78 is 57.2. The highest BCUT2D eigenvalue weighted by Crippen LogP contribution is 2.21. The number of nitrogens with two attached hydrogens (primary N) is 1. The molecule has 1 heterocycles. The van der Waals surface area contributed by atoms with Gasteiger partial charge in [0.2, 0.25) is 5.95 Å². The average molecular weight is 304 g/mol. The van der Waals surface area contributed by atoms with Crippen molar-refractivity contribution in [2.75, 3.05) is 0 Å². The first-order valence-corrected chi connectivity index (χ1v) is 6.69. The van der Waals surface area contributed by atoms with Crippen LogP contribution in [0.5, 0.6) is 0 Å². The van der Waals surface area contributed by atoms with Gasteiger partial charge >= 0.3 is 0 Å². The number of hydrazone groups is 1. The molecule has 0 aliphatic carbocycles. The fourth-order valence-corrected chi connectivity index (χ4v) is 2.24. The van der Waals surface area contributed by atoms with Gasteiger partial charge in [-0.15, -0.1) is 5.10 Å². The van der Waals surface area contributed by atoms with E-state index in [1.807, 2.05) is 0 Å². The van der Waals surface area contributed by atoms with Gasteiger partial charge in [-0.1, -0.05) is 10.5 Å². The van der Waals surface area contributed by atoms with Crippen LogP contribution in [-0.4, -0.2) is 24.0 Å². The van der Waals surface area contributed by atoms with Gasteiger partial charge in [0, 0.05) is 5.56 Å². The van der Waals surface area contributed by atoms with E-state index in [2.05, 4.69) is 5.10 Å². The van der Waals surface area contributed by atoms with Gasteiger partial charge in [-0.2, -0.15) is 12.8 Å². The summed E-state index contributed by atoms with van der Waals surface area (Å²) in [5.74, 6) is -1.12. The minimum atomic E-state index is -4.36. The number of benzene rings is 1. The Morgan fingerprint density at radius 3 is 2.65 bits per heavy atom. The van der Waals surface area contributed by atoms with E-state index in [9.17, 15) is 17.3 Å². The zero-order valence-corrected chi connectivity index (χ0v) is 10.9. The largest absolute Gasteiger partial charge is 0.393 e. The number of hydrogen-bond acceptors (Lipinski definition) is 6. The number of nitrogens with one attached hydrogen (secondary N) is 1. The average Bonchev–Trinajstić information content (AvgIpc) is 2.33. The lowest BCUT2D eigenvalue weighted by atomic mass is 10.0. The van der Waals surface area contributed by atoms with Crippen LogP contribution < -0.4 is 11.2 Å². The molecule has 0 radical (unpaired) electrons. The van der Waals surface area contributed by atoms with Crippen molar-refractivity contribution in [2.24, 2.45) is 10.8 Å². The fraction of sp³-hybridized carbons (Fsp3) is 0.100. The molecule has 1 aliphatic rings. The van der Waals surface area contributed by atoms with Crippen molar-refractivity contribution in [1.82, 2.24) is 10.8 Å². The van der Waals surface area contributed by atoms with Crippen molar-refractivity contribution in [3.63, 3.8) is 0 Å². The molecule has 4 N–H and O–H groups in total. The summed E-state index contributed by atoms with van der Waals surface area (Å²) in [4.78, 5) is -0.339. The number of hydrazine groups is 1. The van der Waals surface area contributed by atoms with E-state index < -0.39 is 21.8 Å². The number of allylic oxidation sites excluding steroid dienone is 1. The first-order chi connectivity index (χ1) is 9.20. The molecule has 2 rings (SSSR count). The molecule has 0 fully saturated rings. The van der Waals surface area contributed by atoms with Crippen LogP contribution >= 0.6 is 0 Å². The Balaban J connectivity index is 2.55. The smallest absolute Gasteiger partial charge is 0.294 e. The Kier molecular flexibility index (Phi) is 3.36. The monoisotopic (exact) mass is 304 g/mol. The molecule has 1 aromatic rings. The number of halogens is 2. The molecule has 1 aromatic carbocycles. The quantitative estimate of drug-likeness (QED) is 0.423. The summed E-state index contributed by atoms with van der Waals surface area (Å²) in [5.41, 5.74) is 7.02. The lowest BCUT2D eigenvalue weighted by molar-refractivity contribution is -0.0283. The number of rotatable bonds is 2. The highest BCUT2D eigenvalue weighted by Gasteiger charge is 2.23. The van der Waals surface area contributed by atoms with Crippen molar-refractivity contribution in [3.8, 4) is 0 Å². The molecule has 0 saturated carbocycles. The van der Waals surface area contributed by atoms with Gasteiger partial charge in [-0.25, -0.2) is 5.43 Å². The van der Waals surface area contributed by atoms with Gasteiger partial charge in [-0.05, 0) is 30.0 Å². The summed E-state index contributed by atoms with van der Waals surface area (Å²) in [6.45, 7) is 1.49. The predicted octanol–water partition coefficient (Wildman–Crippen LogP) is 0.748. The van der Waals surface area contributed by atoms with Crippen molar-refractivity contribution in [1.29, 1.82) is 0 Å². The van der Waals surface area contributed by atoms with Gasteiger partial charge in [0.1, 0.15) is 11.4 Å². The maximum atomic E-state index is 13.3. The molecule has 0 unspecified atom stereocenters. The standard InChI is InChI=1S/C10H10F2N4O3S/c1-5-4-6(20(17,18)19)2-3-7(5)9-8(13)10(11)15-16(12)14-9/h2-4,15H,13H2,1H3,(H,17,18,19). The van der Waals surface area contributed by atoms with Gasteiger partial charge in [0.25, 0.3) is 10.1 Å². The zero-order chi connectivity index (χ0) is 15.1. The van der Waals surface area contributed by atoms with Gasteiger partial charge in [-0.3, -0.25) is 4.55 Å². The normalized spacial score (nSPS) is 16.0. The van der Waals surface area contributed by atoms with Crippen LogP contribution in [0.3, 0.4) is 0 Å². The third-order valence-corrected chi connectivity index (χ3v) is 3.47. The van der Waals surface area contributed by atoms with Gasteiger partial charge in [0.15, 0.2) is 0 Å². The second kappa shape index (κ2) is 4.72. The molecule has 0 atom stereocenters. The van der Waals surface area contributed by atoms with Crippen molar-refractivity contribution < 1.29 is 21.8 Å². The zero-order valence-electron chi connectivity index (χ0n) is 10.1. The van der Waals surface area contributed by atoms with E-state index in [1.165, 1.54) is 13.0 Å². The van der Waals surface area contributed by atoms with E-state index in [4.69, 9.17) is 10.3 Å². The summed E-state index contributed by atoms with van der Waals surface area (Å²) >= 11 is 0. The third kappa shape index (κ3) is 2.56. The van der Waals surface area contributed by atoms with Crippen LogP contribution in [0.1, 0.15) is 11.1 Å². The Bertz CT molecular complexity index is 730. The van der Waals surface area contributed by atoms with Gasteiger partial charge in [0.05, 0.1) is 4.90 Å². The number of aryl methyl sites for hydroxylation is 1. The molecule has 0 bridgehead atoms. The van der Waals surface area contributed by atoms with Crippen LogP contribution in [0, 0.1) is 6.92 Å². The van der Waals surface area contributed by atoms with Crippen LogP contribution in [0.25, 0.3) is 0 Å². The summed E-state index contributed by atoms with van der Waals surface area (Å²) in [7, 11) is -4.36. The van der Waals surface area contributed by atoms with Crippen LogP contribution in [-0.2, 0) is 10.1 Å². The van der Waals surface area contributed by atoms with Gasteiger partial charge < -0.3 is 5.73 Å². The molecule has 0 aromatic heterocycles. The highest BCUT2D eigenvalue weighted by molar-refractivity contribution is 7.85. The Morgan fingerprint density at radius 1 is 1.45 bits per heavy atom. The molecule has 0 spiro atoms. The van der Waals surface area contributed by atoms with E-state index in [1.54, 1.807) is 5.43 Å². The Morgan fingerprint density at radius 2 is 2.10 bits per heavy atom. The minimum absolute atomic E-state index is 0.192. The lowest BCUT2D eigenvalue weighted by Crippen LogP contribution is -2.35. The second-order valence-corrected chi connectivity index (χ2v) is 5.42. The molecule has 1 aliphatic heterocycles. The predicted molar refractivity (Wildman–Crippen MR) is 65.9 cm³/mol. The minimum Gasteiger partial charge on any atom is -0.393 e. The Hall–Kier alpha value is -2.20. The van der Waals surface area contributed by atoms with Crippen LogP contribution in [0.4, 0.5) is 8.87 Å². The molecule has 108 valence electrons. The van der Waals surface area contributed by atoms with Crippen LogP contribution in [0.15, 0.2) is 39.8 Å². The first kappa shape index (κ1) is 14.2. The van der Waals surface area contributed by atoms with Crippen molar-refractivity contribution in [2.45, 2.75) is 11.8 Å². The van der Waals surface area contributed by atoms with Crippen molar-refractivity contribution >= 4 is 15.8 Å². The summed E-state index contributed by atoms with van der Waals surface area (Å²) in [6.07, 6.45) is 0. The SMILES string of the molecule is Cc1cc(S(=O)(=O)O)ccc1C1=NN(F)NC(F)=C1N. The Labute approximate surface area is 113 Å². The fourth-order valence-electron chi connectivity index (χ4n) is 1.67. The maximum absolute atomic E-state index is 13.3. The molecular weight excluding hydrogens is 294 g/mol. The molecule has 0 amide bonds. The van der Waals surface area contributed by atoms with Crippen LogP contribution in [0.2, 0.25) is 0 Å². The molecule has 20 heavy (non-hydrogen) atoms. The highest BCUT2D eigenvalue weighted by atomic mass is 32.2. The summed E-state index contributed by atoms with van der Waals surface area (Å²) in [5, 5.41) is 3.02. The van der Waals surface area contributed by atoms with E-state index in [-0.39, 0.29) is 21.5 Å². The summed E-state index contributed by atoms with van der Waals surface area (Å²) in [6, 6.07) is 3.47. The maximum Gasteiger partial charge on any atom is 0.294 e. The van der Waals surface area contributed by atoms with E-state index in [0.717, 1.165) is 12.1 Å². The molecule has 7 nitrogen and oxygen atoms in total. The molecule has 10 heteroatoms.